The topological polar surface area (TPSA) is 105 Å². The third-order valence-electron chi connectivity index (χ3n) is 8.45. The number of halogens is 1. The van der Waals surface area contributed by atoms with Crippen LogP contribution in [0.25, 0.3) is 0 Å². The highest BCUT2D eigenvalue weighted by molar-refractivity contribution is 7.92. The van der Waals surface area contributed by atoms with E-state index in [1.165, 1.54) is 16.4 Å². The van der Waals surface area contributed by atoms with Crippen LogP contribution in [0.15, 0.2) is 72.8 Å². The van der Waals surface area contributed by atoms with E-state index in [2.05, 4.69) is 5.32 Å². The number of anilines is 1. The van der Waals surface area contributed by atoms with Gasteiger partial charge < -0.3 is 19.7 Å². The Balaban J connectivity index is 1.37. The van der Waals surface area contributed by atoms with Crippen LogP contribution in [0, 0.1) is 5.82 Å². The molecular weight excluding hydrogens is 609 g/mol. The number of benzene rings is 3. The van der Waals surface area contributed by atoms with E-state index in [4.69, 9.17) is 9.47 Å². The molecule has 0 saturated heterocycles. The third-order valence-corrected chi connectivity index (χ3v) is 9.65. The van der Waals surface area contributed by atoms with E-state index in [0.717, 1.165) is 43.9 Å². The SMILES string of the molecule is CS(=O)(=O)N(CCCC(=O)N(Cc1ccc(F)cc1)[C@@H](Cc1ccccc1)C(=O)NC1CCCCC1)c1ccc2c(c1)OCCO2. The average molecular weight is 652 g/mol. The molecule has 1 atom stereocenters. The predicted octanol–water partition coefficient (Wildman–Crippen LogP) is 5.23. The first kappa shape index (κ1) is 33.2. The molecule has 2 amide bonds. The van der Waals surface area contributed by atoms with E-state index >= 15 is 0 Å². The second-order valence-electron chi connectivity index (χ2n) is 12.0. The van der Waals surface area contributed by atoms with Gasteiger partial charge in [0.05, 0.1) is 11.9 Å². The Labute approximate surface area is 270 Å². The Morgan fingerprint density at radius 1 is 0.913 bits per heavy atom. The quantitative estimate of drug-likeness (QED) is 0.272. The van der Waals surface area contributed by atoms with Gasteiger partial charge in [-0.15, -0.1) is 0 Å². The van der Waals surface area contributed by atoms with Gasteiger partial charge in [-0.05, 0) is 54.7 Å². The van der Waals surface area contributed by atoms with Gasteiger partial charge in [0.1, 0.15) is 25.1 Å². The molecule has 1 heterocycles. The number of amides is 2. The largest absolute Gasteiger partial charge is 0.486 e. The number of fused-ring (bicyclic) bond motifs is 1. The molecule has 0 bridgehead atoms. The van der Waals surface area contributed by atoms with Gasteiger partial charge in [0.15, 0.2) is 11.5 Å². The molecule has 0 aromatic heterocycles. The molecule has 1 aliphatic heterocycles. The number of carbonyl (C=O) groups excluding carboxylic acids is 2. The summed E-state index contributed by atoms with van der Waals surface area (Å²) in [6, 6.07) is 19.7. The van der Waals surface area contributed by atoms with Crippen molar-refractivity contribution < 1.29 is 31.9 Å². The summed E-state index contributed by atoms with van der Waals surface area (Å²) in [5.74, 6) is 0.107. The van der Waals surface area contributed by atoms with Gasteiger partial charge in [0, 0.05) is 38.0 Å². The van der Waals surface area contributed by atoms with Crippen LogP contribution in [0.2, 0.25) is 0 Å². The molecular formula is C35H42FN3O6S. The summed E-state index contributed by atoms with van der Waals surface area (Å²) < 4.78 is 51.9. The van der Waals surface area contributed by atoms with Gasteiger partial charge in [-0.2, -0.15) is 0 Å². The van der Waals surface area contributed by atoms with Gasteiger partial charge in [-0.3, -0.25) is 13.9 Å². The Morgan fingerprint density at radius 3 is 2.30 bits per heavy atom. The summed E-state index contributed by atoms with van der Waals surface area (Å²) in [5.41, 5.74) is 2.01. The first-order valence-electron chi connectivity index (χ1n) is 15.9. The number of carbonyl (C=O) groups is 2. The van der Waals surface area contributed by atoms with Crippen LogP contribution in [0.4, 0.5) is 10.1 Å². The molecule has 1 N–H and O–H groups in total. The summed E-state index contributed by atoms with van der Waals surface area (Å²) in [7, 11) is -3.69. The fourth-order valence-electron chi connectivity index (χ4n) is 6.08. The standard InChI is InChI=1S/C35H42FN3O6S/c1-46(42,43)39(30-18-19-32-33(24-30)45-22-21-44-32)20-8-13-34(40)38(25-27-14-16-28(36)17-15-27)31(23-26-9-4-2-5-10-26)35(41)37-29-11-6-3-7-12-29/h2,4-5,9-10,14-19,24,29,31H,3,6-8,11-13,20-23,25H2,1H3,(H,37,41)/t31-/m0/s1. The van der Waals surface area contributed by atoms with Crippen molar-refractivity contribution in [2.75, 3.05) is 30.3 Å². The second-order valence-corrected chi connectivity index (χ2v) is 13.9. The summed E-state index contributed by atoms with van der Waals surface area (Å²) in [6.45, 7) is 0.938. The number of hydrogen-bond acceptors (Lipinski definition) is 6. The van der Waals surface area contributed by atoms with E-state index in [1.54, 1.807) is 35.2 Å². The van der Waals surface area contributed by atoms with Crippen molar-refractivity contribution in [2.24, 2.45) is 0 Å². The molecule has 5 rings (SSSR count). The number of rotatable bonds is 13. The van der Waals surface area contributed by atoms with Crippen LogP contribution in [-0.4, -0.2) is 63.2 Å². The minimum absolute atomic E-state index is 0.000233. The lowest BCUT2D eigenvalue weighted by Crippen LogP contribution is -2.52. The van der Waals surface area contributed by atoms with Gasteiger partial charge in [-0.25, -0.2) is 12.8 Å². The van der Waals surface area contributed by atoms with Crippen molar-refractivity contribution in [3.63, 3.8) is 0 Å². The van der Waals surface area contributed by atoms with Crippen LogP contribution < -0.4 is 19.1 Å². The minimum Gasteiger partial charge on any atom is -0.486 e. The number of ether oxygens (including phenoxy) is 2. The monoisotopic (exact) mass is 651 g/mol. The second kappa shape index (κ2) is 15.4. The lowest BCUT2D eigenvalue weighted by Gasteiger charge is -2.34. The molecule has 3 aromatic carbocycles. The lowest BCUT2D eigenvalue weighted by atomic mass is 9.94. The van der Waals surface area contributed by atoms with Crippen LogP contribution in [0.3, 0.4) is 0 Å². The molecule has 0 radical (unpaired) electrons. The Hall–Kier alpha value is -4.12. The summed E-state index contributed by atoms with van der Waals surface area (Å²) in [6.07, 6.45) is 6.68. The highest BCUT2D eigenvalue weighted by atomic mass is 32.2. The van der Waals surface area contributed by atoms with E-state index in [9.17, 15) is 22.4 Å². The Bertz CT molecular complexity index is 1580. The molecule has 1 aliphatic carbocycles. The summed E-state index contributed by atoms with van der Waals surface area (Å²) in [5, 5.41) is 3.21. The number of hydrogen-bond donors (Lipinski definition) is 1. The van der Waals surface area contributed by atoms with Crippen molar-refractivity contribution in [1.82, 2.24) is 10.2 Å². The smallest absolute Gasteiger partial charge is 0.243 e. The fourth-order valence-corrected chi connectivity index (χ4v) is 7.03. The van der Waals surface area contributed by atoms with Gasteiger partial charge >= 0.3 is 0 Å². The third kappa shape index (κ3) is 8.99. The zero-order chi connectivity index (χ0) is 32.5. The molecule has 3 aromatic rings. The maximum atomic E-state index is 14.1. The molecule has 0 spiro atoms. The highest BCUT2D eigenvalue weighted by Crippen LogP contribution is 2.35. The zero-order valence-electron chi connectivity index (χ0n) is 26.2. The normalized spacial score (nSPS) is 15.5. The average Bonchev–Trinajstić information content (AvgIpc) is 3.05. The van der Waals surface area contributed by atoms with E-state index in [0.29, 0.717) is 42.4 Å². The molecule has 1 saturated carbocycles. The summed E-state index contributed by atoms with van der Waals surface area (Å²) >= 11 is 0. The van der Waals surface area contributed by atoms with Gasteiger partial charge in [0.25, 0.3) is 0 Å². The summed E-state index contributed by atoms with van der Waals surface area (Å²) in [4.78, 5) is 29.6. The Morgan fingerprint density at radius 2 is 1.61 bits per heavy atom. The molecule has 246 valence electrons. The van der Waals surface area contributed by atoms with Crippen molar-refractivity contribution in [2.45, 2.75) is 70.0 Å². The highest BCUT2D eigenvalue weighted by Gasteiger charge is 2.32. The predicted molar refractivity (Wildman–Crippen MR) is 175 cm³/mol. The molecule has 11 heteroatoms. The minimum atomic E-state index is -3.69. The maximum absolute atomic E-state index is 14.1. The first-order valence-corrected chi connectivity index (χ1v) is 17.8. The van der Waals surface area contributed by atoms with Crippen molar-refractivity contribution in [3.05, 3.63) is 89.7 Å². The Kier molecular flexibility index (Phi) is 11.2. The van der Waals surface area contributed by atoms with Gasteiger partial charge in [0.2, 0.25) is 21.8 Å². The van der Waals surface area contributed by atoms with Crippen LogP contribution in [-0.2, 0) is 32.6 Å². The first-order chi connectivity index (χ1) is 22.2. The lowest BCUT2D eigenvalue weighted by molar-refractivity contribution is -0.141. The maximum Gasteiger partial charge on any atom is 0.243 e. The number of nitrogens with zero attached hydrogens (tertiary/aromatic N) is 2. The molecule has 0 unspecified atom stereocenters. The van der Waals surface area contributed by atoms with Crippen molar-refractivity contribution in [3.8, 4) is 11.5 Å². The van der Waals surface area contributed by atoms with Crippen LogP contribution >= 0.6 is 0 Å². The number of nitrogens with one attached hydrogen (secondary N) is 1. The van der Waals surface area contributed by atoms with Crippen LogP contribution in [0.5, 0.6) is 11.5 Å². The van der Waals surface area contributed by atoms with Crippen molar-refractivity contribution >= 4 is 27.5 Å². The molecule has 46 heavy (non-hydrogen) atoms. The van der Waals surface area contributed by atoms with E-state index < -0.39 is 21.9 Å². The zero-order valence-corrected chi connectivity index (χ0v) is 27.0. The van der Waals surface area contributed by atoms with Crippen LogP contribution in [0.1, 0.15) is 56.1 Å². The van der Waals surface area contributed by atoms with Gasteiger partial charge in [-0.1, -0.05) is 61.7 Å². The van der Waals surface area contributed by atoms with E-state index in [-0.39, 0.29) is 43.8 Å². The van der Waals surface area contributed by atoms with Crippen molar-refractivity contribution in [1.29, 1.82) is 0 Å². The van der Waals surface area contributed by atoms with E-state index in [1.807, 2.05) is 30.3 Å². The molecule has 2 aliphatic rings. The fraction of sp³-hybridized carbons (Fsp3) is 0.429. The number of sulfonamides is 1. The molecule has 9 nitrogen and oxygen atoms in total. The molecule has 1 fully saturated rings.